The number of hydrogen-bond donors (Lipinski definition) is 3. The Morgan fingerprint density at radius 2 is 0.931 bits per heavy atom. The van der Waals surface area contributed by atoms with Gasteiger partial charge in [-0.15, -0.1) is 0 Å². The number of rotatable bonds is 43. The first-order chi connectivity index (χ1) is 28.4. The lowest BCUT2D eigenvalue weighted by molar-refractivity contribution is -0.147. The predicted octanol–water partition coefficient (Wildman–Crippen LogP) is 14.1. The minimum Gasteiger partial charge on any atom is -0.480 e. The lowest BCUT2D eigenvalue weighted by Crippen LogP contribution is -2.40. The summed E-state index contributed by atoms with van der Waals surface area (Å²) in [4.78, 5) is 36.7. The van der Waals surface area contributed by atoms with Crippen LogP contribution < -0.4 is 11.1 Å². The molecule has 0 spiro atoms. The molecule has 0 rings (SSSR count). The number of nitrogens with one attached hydrogen (secondary N) is 1. The molecule has 0 heterocycles. The van der Waals surface area contributed by atoms with Crippen LogP contribution in [0.25, 0.3) is 0 Å². The molecule has 58 heavy (non-hydrogen) atoms. The molecule has 0 fully saturated rings. The predicted molar refractivity (Wildman–Crippen MR) is 248 cm³/mol. The highest BCUT2D eigenvalue weighted by Gasteiger charge is 2.19. The van der Waals surface area contributed by atoms with Crippen molar-refractivity contribution in [3.63, 3.8) is 0 Å². The lowest BCUT2D eigenvalue weighted by atomic mass is 10.0. The van der Waals surface area contributed by atoms with Crippen LogP contribution in [0.2, 0.25) is 0 Å². The minimum atomic E-state index is -1.04. The van der Waals surface area contributed by atoms with Crippen molar-refractivity contribution in [1.82, 2.24) is 5.32 Å². The smallest absolute Gasteiger partial charge is 0.326 e. The summed E-state index contributed by atoms with van der Waals surface area (Å²) in [5.74, 6) is -1.48. The maximum Gasteiger partial charge on any atom is 0.326 e. The van der Waals surface area contributed by atoms with E-state index in [0.29, 0.717) is 45.1 Å². The molecule has 0 aliphatic rings. The van der Waals surface area contributed by atoms with E-state index in [9.17, 15) is 19.5 Å². The largest absolute Gasteiger partial charge is 0.480 e. The van der Waals surface area contributed by atoms with Crippen LogP contribution in [0.5, 0.6) is 0 Å². The van der Waals surface area contributed by atoms with E-state index in [4.69, 9.17) is 10.5 Å². The molecule has 2 atom stereocenters. The van der Waals surface area contributed by atoms with Crippen molar-refractivity contribution in [3.8, 4) is 0 Å². The normalized spacial score (nSPS) is 13.2. The summed E-state index contributed by atoms with van der Waals surface area (Å²) in [5, 5.41) is 12.0. The summed E-state index contributed by atoms with van der Waals surface area (Å²) in [6.07, 6.45) is 57.2. The van der Waals surface area contributed by atoms with E-state index in [0.717, 1.165) is 44.9 Å². The number of hydrogen-bond acceptors (Lipinski definition) is 5. The van der Waals surface area contributed by atoms with E-state index >= 15 is 0 Å². The van der Waals surface area contributed by atoms with Gasteiger partial charge in [0.15, 0.2) is 0 Å². The Morgan fingerprint density at radius 1 is 0.517 bits per heavy atom. The Morgan fingerprint density at radius 3 is 1.36 bits per heavy atom. The summed E-state index contributed by atoms with van der Waals surface area (Å²) < 4.78 is 5.89. The van der Waals surface area contributed by atoms with Gasteiger partial charge in [0.1, 0.15) is 12.1 Å². The van der Waals surface area contributed by atoms with E-state index in [1.807, 2.05) is 12.2 Å². The van der Waals surface area contributed by atoms with Crippen LogP contribution in [0, 0.1) is 0 Å². The number of carbonyl (C=O) groups excluding carboxylic acids is 2. The Hall–Kier alpha value is -2.93. The number of nitrogens with two attached hydrogens (primary N) is 1. The molecule has 0 aliphatic carbocycles. The maximum absolute atomic E-state index is 12.8. The topological polar surface area (TPSA) is 119 Å². The maximum atomic E-state index is 12.8. The molecule has 0 aromatic carbocycles. The lowest BCUT2D eigenvalue weighted by Gasteiger charge is -2.16. The molecule has 2 unspecified atom stereocenters. The van der Waals surface area contributed by atoms with Crippen molar-refractivity contribution >= 4 is 17.8 Å². The van der Waals surface area contributed by atoms with Gasteiger partial charge in [0.25, 0.3) is 0 Å². The van der Waals surface area contributed by atoms with Gasteiger partial charge in [0, 0.05) is 12.8 Å². The van der Waals surface area contributed by atoms with E-state index in [1.54, 1.807) is 0 Å². The summed E-state index contributed by atoms with van der Waals surface area (Å²) in [6, 6.07) is -0.912. The highest BCUT2D eigenvalue weighted by molar-refractivity contribution is 5.83. The third-order valence-electron chi connectivity index (χ3n) is 10.6. The zero-order valence-electron chi connectivity index (χ0n) is 37.6. The Balaban J connectivity index is 4.34. The number of carboxylic acids is 1. The van der Waals surface area contributed by atoms with E-state index in [2.05, 4.69) is 67.8 Å². The van der Waals surface area contributed by atoms with E-state index in [-0.39, 0.29) is 24.4 Å². The van der Waals surface area contributed by atoms with Gasteiger partial charge in [0.2, 0.25) is 5.91 Å². The van der Waals surface area contributed by atoms with Crippen molar-refractivity contribution < 1.29 is 24.2 Å². The Bertz CT molecular complexity index is 1090. The van der Waals surface area contributed by atoms with Crippen molar-refractivity contribution in [1.29, 1.82) is 0 Å². The molecule has 334 valence electrons. The number of carboxylic acid groups (broad SMARTS) is 1. The van der Waals surface area contributed by atoms with Crippen molar-refractivity contribution in [2.24, 2.45) is 5.73 Å². The van der Waals surface area contributed by atoms with E-state index in [1.165, 1.54) is 122 Å². The molecule has 7 nitrogen and oxygen atoms in total. The van der Waals surface area contributed by atoms with Gasteiger partial charge in [-0.2, -0.15) is 0 Å². The van der Waals surface area contributed by atoms with Gasteiger partial charge in [-0.3, -0.25) is 9.59 Å². The Kier molecular flexibility index (Phi) is 42.9. The number of aliphatic carboxylic acids is 1. The molecule has 0 saturated carbocycles. The standard InChI is InChI=1S/C51H90N2O5/c1-3-5-7-9-11-13-15-17-19-20-21-22-23-24-25-27-29-31-33-35-37-45-50(55)58-47(42-38-39-44-49(54)53-48(51(56)57)43-40-46-52)41-36-34-32-30-28-26-18-16-14-12-10-8-6-4-2/h6,8,12,14,18,26,30,32,36,41,47-48H,3-5,7,9-11,13,15-17,19-25,27-29,31,33-35,37-40,42-46,52H2,1-2H3,(H,53,54)(H,56,57)/b8-6-,14-12-,26-18-,32-30-,41-36-. The van der Waals surface area contributed by atoms with Crippen LogP contribution >= 0.6 is 0 Å². The third-order valence-corrected chi connectivity index (χ3v) is 10.6. The van der Waals surface area contributed by atoms with Crippen LogP contribution in [-0.4, -0.2) is 41.6 Å². The van der Waals surface area contributed by atoms with Crippen molar-refractivity contribution in [2.75, 3.05) is 6.54 Å². The first-order valence-electron chi connectivity index (χ1n) is 24.1. The van der Waals surface area contributed by atoms with Gasteiger partial charge in [-0.25, -0.2) is 4.79 Å². The molecular formula is C51H90N2O5. The van der Waals surface area contributed by atoms with Crippen molar-refractivity contribution in [3.05, 3.63) is 60.8 Å². The molecule has 0 saturated heterocycles. The average molecular weight is 811 g/mol. The first-order valence-corrected chi connectivity index (χ1v) is 24.1. The minimum absolute atomic E-state index is 0.162. The van der Waals surface area contributed by atoms with Gasteiger partial charge >= 0.3 is 11.9 Å². The quantitative estimate of drug-likeness (QED) is 0.0321. The van der Waals surface area contributed by atoms with Crippen LogP contribution in [0.1, 0.15) is 226 Å². The summed E-state index contributed by atoms with van der Waals surface area (Å²) in [7, 11) is 0. The van der Waals surface area contributed by atoms with Gasteiger partial charge < -0.3 is 20.9 Å². The number of allylic oxidation sites excluding steroid dienone is 9. The molecule has 0 radical (unpaired) electrons. The fourth-order valence-electron chi connectivity index (χ4n) is 6.99. The van der Waals surface area contributed by atoms with Crippen LogP contribution in [-0.2, 0) is 19.1 Å². The van der Waals surface area contributed by atoms with E-state index < -0.39 is 12.0 Å². The number of unbranched alkanes of at least 4 members (excludes halogenated alkanes) is 21. The second-order valence-electron chi connectivity index (χ2n) is 16.1. The van der Waals surface area contributed by atoms with Crippen LogP contribution in [0.4, 0.5) is 0 Å². The second kappa shape index (κ2) is 45.2. The number of esters is 1. The molecular weight excluding hydrogens is 721 g/mol. The SMILES string of the molecule is CC/C=C\C/C=C\C/C=C\C/C=C\C/C=C\C(CCCCC(=O)NC(CCCN)C(=O)O)OC(=O)CCCCCCCCCCCCCCCCCCCCCCC. The van der Waals surface area contributed by atoms with Gasteiger partial charge in [-0.05, 0) is 83.2 Å². The Labute approximate surface area is 357 Å². The molecule has 7 heteroatoms. The number of ether oxygens (including phenoxy) is 1. The fourth-order valence-corrected chi connectivity index (χ4v) is 6.99. The van der Waals surface area contributed by atoms with Crippen molar-refractivity contribution in [2.45, 2.75) is 238 Å². The molecule has 0 bridgehead atoms. The highest BCUT2D eigenvalue weighted by Crippen LogP contribution is 2.16. The third kappa shape index (κ3) is 41.2. The molecule has 0 aromatic heterocycles. The van der Waals surface area contributed by atoms with Gasteiger partial charge in [-0.1, -0.05) is 197 Å². The van der Waals surface area contributed by atoms with Crippen LogP contribution in [0.3, 0.4) is 0 Å². The fraction of sp³-hybridized carbons (Fsp3) is 0.745. The van der Waals surface area contributed by atoms with Gasteiger partial charge in [0.05, 0.1) is 0 Å². The molecule has 0 aromatic rings. The average Bonchev–Trinajstić information content (AvgIpc) is 3.21. The monoisotopic (exact) mass is 811 g/mol. The highest BCUT2D eigenvalue weighted by atomic mass is 16.5. The second-order valence-corrected chi connectivity index (χ2v) is 16.1. The first kappa shape index (κ1) is 55.1. The zero-order chi connectivity index (χ0) is 42.4. The molecule has 4 N–H and O–H groups in total. The van der Waals surface area contributed by atoms with Crippen LogP contribution in [0.15, 0.2) is 60.8 Å². The molecule has 1 amide bonds. The summed E-state index contributed by atoms with van der Waals surface area (Å²) in [5.41, 5.74) is 5.51. The summed E-state index contributed by atoms with van der Waals surface area (Å²) >= 11 is 0. The molecule has 0 aliphatic heterocycles. The number of carbonyl (C=O) groups is 3. The number of amides is 1. The zero-order valence-corrected chi connectivity index (χ0v) is 37.6. The summed E-state index contributed by atoms with van der Waals surface area (Å²) in [6.45, 7) is 4.81.